The molecule has 6 rings (SSSR count). The summed E-state index contributed by atoms with van der Waals surface area (Å²) in [6.45, 7) is 3.07. The number of anilines is 2. The maximum atomic E-state index is 14.0. The molecule has 3 fully saturated rings. The van der Waals surface area contributed by atoms with E-state index in [9.17, 15) is 4.39 Å². The van der Waals surface area contributed by atoms with Crippen LogP contribution in [0.25, 0.3) is 5.65 Å². The first kappa shape index (κ1) is 20.8. The Hall–Kier alpha value is -2.80. The summed E-state index contributed by atoms with van der Waals surface area (Å²) >= 11 is 6.45. The van der Waals surface area contributed by atoms with Crippen molar-refractivity contribution < 1.29 is 4.39 Å². The Morgan fingerprint density at radius 3 is 2.73 bits per heavy atom. The Kier molecular flexibility index (Phi) is 5.37. The first-order valence-electron chi connectivity index (χ1n) is 12.0. The molecule has 2 aromatic heterocycles. The van der Waals surface area contributed by atoms with Crippen molar-refractivity contribution in [1.29, 1.82) is 0 Å². The standard InChI is InChI=1S/C25H28ClFN6/c26-20-9-8-18(27)15-19(20)22-5-4-13-32(22)23-10-14-33-25(30-23)21(16-28-33)29-24(17-6-7-17)31-11-2-1-3-12-31/h8-10,14-16,22,29H,1-7,11-13H2. The Morgan fingerprint density at radius 2 is 1.91 bits per heavy atom. The van der Waals surface area contributed by atoms with Gasteiger partial charge in [0.25, 0.3) is 0 Å². The van der Waals surface area contributed by atoms with Crippen molar-refractivity contribution in [3.05, 3.63) is 64.5 Å². The molecule has 2 aliphatic heterocycles. The average molecular weight is 467 g/mol. The van der Waals surface area contributed by atoms with Crippen LogP contribution < -0.4 is 10.2 Å². The maximum absolute atomic E-state index is 14.0. The molecule has 1 unspecified atom stereocenters. The van der Waals surface area contributed by atoms with E-state index in [0.717, 1.165) is 55.2 Å². The first-order valence-corrected chi connectivity index (χ1v) is 12.3. The highest BCUT2D eigenvalue weighted by Gasteiger charge is 2.30. The number of hydrogen-bond acceptors (Lipinski definition) is 5. The minimum atomic E-state index is -0.259. The van der Waals surface area contributed by atoms with Crippen LogP contribution >= 0.6 is 11.6 Å². The summed E-state index contributed by atoms with van der Waals surface area (Å²) in [6, 6.07) is 6.61. The highest BCUT2D eigenvalue weighted by atomic mass is 35.5. The van der Waals surface area contributed by atoms with Gasteiger partial charge in [0.15, 0.2) is 5.65 Å². The monoisotopic (exact) mass is 466 g/mol. The van der Waals surface area contributed by atoms with Crippen molar-refractivity contribution in [2.45, 2.75) is 51.0 Å². The fraction of sp³-hybridized carbons (Fsp3) is 0.440. The summed E-state index contributed by atoms with van der Waals surface area (Å²) < 4.78 is 15.8. The lowest BCUT2D eigenvalue weighted by Crippen LogP contribution is -2.32. The topological polar surface area (TPSA) is 48.7 Å². The van der Waals surface area contributed by atoms with Gasteiger partial charge in [0.1, 0.15) is 23.1 Å². The molecule has 1 N–H and O–H groups in total. The van der Waals surface area contributed by atoms with Crippen LogP contribution in [0.4, 0.5) is 15.9 Å². The smallest absolute Gasteiger partial charge is 0.180 e. The zero-order chi connectivity index (χ0) is 22.4. The molecule has 0 spiro atoms. The van der Waals surface area contributed by atoms with Crippen molar-refractivity contribution >= 4 is 28.8 Å². The van der Waals surface area contributed by atoms with Gasteiger partial charge in [-0.2, -0.15) is 5.10 Å². The molecule has 33 heavy (non-hydrogen) atoms. The molecular weight excluding hydrogens is 439 g/mol. The molecule has 1 atom stereocenters. The maximum Gasteiger partial charge on any atom is 0.180 e. The van der Waals surface area contributed by atoms with Gasteiger partial charge in [0.05, 0.1) is 12.2 Å². The largest absolute Gasteiger partial charge is 0.358 e. The molecule has 0 bridgehead atoms. The van der Waals surface area contributed by atoms with Crippen LogP contribution in [0.2, 0.25) is 5.02 Å². The van der Waals surface area contributed by atoms with Crippen LogP contribution in [0.3, 0.4) is 0 Å². The van der Waals surface area contributed by atoms with Gasteiger partial charge in [-0.05, 0) is 80.3 Å². The molecule has 3 aromatic rings. The lowest BCUT2D eigenvalue weighted by molar-refractivity contribution is 0.287. The highest BCUT2D eigenvalue weighted by molar-refractivity contribution is 6.31. The summed E-state index contributed by atoms with van der Waals surface area (Å²) in [5.74, 6) is 1.86. The minimum Gasteiger partial charge on any atom is -0.358 e. The van der Waals surface area contributed by atoms with E-state index in [0.29, 0.717) is 5.02 Å². The second-order valence-electron chi connectivity index (χ2n) is 9.25. The number of fused-ring (bicyclic) bond motifs is 1. The highest BCUT2D eigenvalue weighted by Crippen LogP contribution is 2.39. The lowest BCUT2D eigenvalue weighted by Gasteiger charge is -2.31. The predicted octanol–water partition coefficient (Wildman–Crippen LogP) is 5.77. The molecule has 0 amide bonds. The Labute approximate surface area is 198 Å². The van der Waals surface area contributed by atoms with Crippen LogP contribution in [0.1, 0.15) is 56.6 Å². The number of halogens is 2. The van der Waals surface area contributed by atoms with Gasteiger partial charge in [0.2, 0.25) is 0 Å². The number of benzene rings is 1. The number of hydrogen-bond donors (Lipinski definition) is 1. The van der Waals surface area contributed by atoms with Crippen molar-refractivity contribution in [3.8, 4) is 0 Å². The summed E-state index contributed by atoms with van der Waals surface area (Å²) in [7, 11) is 0. The predicted molar refractivity (Wildman–Crippen MR) is 129 cm³/mol. The number of allylic oxidation sites excluding steroid dienone is 1. The second-order valence-corrected chi connectivity index (χ2v) is 9.66. The molecule has 2 saturated heterocycles. The first-order chi connectivity index (χ1) is 16.2. The van der Waals surface area contributed by atoms with E-state index < -0.39 is 0 Å². The van der Waals surface area contributed by atoms with Crippen molar-refractivity contribution in [2.75, 3.05) is 29.9 Å². The van der Waals surface area contributed by atoms with Gasteiger partial charge in [0, 0.05) is 30.9 Å². The van der Waals surface area contributed by atoms with Crippen LogP contribution in [0, 0.1) is 5.82 Å². The van der Waals surface area contributed by atoms with E-state index in [-0.39, 0.29) is 11.9 Å². The molecule has 1 saturated carbocycles. The molecule has 0 radical (unpaired) electrons. The Balaban J connectivity index is 1.32. The fourth-order valence-corrected chi connectivity index (χ4v) is 5.42. The SMILES string of the molecule is Fc1ccc(Cl)c(C2CCCN2c2ccn3ncc(NC(=C4CC4)N4CCCCC4)c3n2)c1. The number of rotatable bonds is 5. The van der Waals surface area contributed by atoms with Crippen LogP contribution in [-0.4, -0.2) is 39.1 Å². The van der Waals surface area contributed by atoms with Gasteiger partial charge in [-0.15, -0.1) is 0 Å². The third-order valence-electron chi connectivity index (χ3n) is 6.98. The van der Waals surface area contributed by atoms with Crippen LogP contribution in [-0.2, 0) is 0 Å². The van der Waals surface area contributed by atoms with Crippen LogP contribution in [0.5, 0.6) is 0 Å². The van der Waals surface area contributed by atoms with E-state index in [2.05, 4.69) is 20.2 Å². The van der Waals surface area contributed by atoms with Crippen LogP contribution in [0.15, 0.2) is 48.1 Å². The number of nitrogens with one attached hydrogen (secondary N) is 1. The second kappa shape index (κ2) is 8.52. The third kappa shape index (κ3) is 4.03. The normalized spacial score (nSPS) is 20.5. The number of nitrogens with zero attached hydrogens (tertiary/aromatic N) is 5. The van der Waals surface area contributed by atoms with Gasteiger partial charge >= 0.3 is 0 Å². The summed E-state index contributed by atoms with van der Waals surface area (Å²) in [5, 5.41) is 8.81. The summed E-state index contributed by atoms with van der Waals surface area (Å²) in [6.07, 6.45) is 11.9. The van der Waals surface area contributed by atoms with Gasteiger partial charge in [-0.1, -0.05) is 11.6 Å². The molecule has 3 aliphatic rings. The van der Waals surface area contributed by atoms with Gasteiger partial charge < -0.3 is 15.1 Å². The van der Waals surface area contributed by atoms with E-state index >= 15 is 0 Å². The number of aromatic nitrogens is 3. The molecule has 1 aliphatic carbocycles. The zero-order valence-electron chi connectivity index (χ0n) is 18.6. The van der Waals surface area contributed by atoms with E-state index in [1.165, 1.54) is 49.6 Å². The molecular formula is C25H28ClFN6. The molecule has 4 heterocycles. The summed E-state index contributed by atoms with van der Waals surface area (Å²) in [5.41, 5.74) is 4.05. The molecule has 1 aromatic carbocycles. The zero-order valence-corrected chi connectivity index (χ0v) is 19.4. The average Bonchev–Trinajstić information content (AvgIpc) is 3.42. The Morgan fingerprint density at radius 1 is 1.06 bits per heavy atom. The molecule has 8 heteroatoms. The third-order valence-corrected chi connectivity index (χ3v) is 7.32. The van der Waals surface area contributed by atoms with Gasteiger partial charge in [-0.3, -0.25) is 0 Å². The van der Waals surface area contributed by atoms with E-state index in [4.69, 9.17) is 16.6 Å². The fourth-order valence-electron chi connectivity index (χ4n) is 5.18. The van der Waals surface area contributed by atoms with Gasteiger partial charge in [-0.25, -0.2) is 13.9 Å². The van der Waals surface area contributed by atoms with Crippen molar-refractivity contribution in [1.82, 2.24) is 19.5 Å². The quantitative estimate of drug-likeness (QED) is 0.517. The van der Waals surface area contributed by atoms with E-state index in [1.807, 2.05) is 23.0 Å². The summed E-state index contributed by atoms with van der Waals surface area (Å²) in [4.78, 5) is 9.74. The molecule has 172 valence electrons. The number of piperidine rings is 1. The lowest BCUT2D eigenvalue weighted by atomic mass is 10.0. The Bertz CT molecular complexity index is 1210. The minimum absolute atomic E-state index is 0.0139. The number of likely N-dealkylation sites (tertiary alicyclic amines) is 1. The van der Waals surface area contributed by atoms with Crippen molar-refractivity contribution in [2.24, 2.45) is 0 Å². The molecule has 6 nitrogen and oxygen atoms in total. The van der Waals surface area contributed by atoms with E-state index in [1.54, 1.807) is 12.1 Å². The van der Waals surface area contributed by atoms with Crippen molar-refractivity contribution in [3.63, 3.8) is 0 Å².